The Morgan fingerprint density at radius 1 is 0.237 bits per heavy atom. The lowest BCUT2D eigenvalue weighted by Crippen LogP contribution is -2.26. The summed E-state index contributed by atoms with van der Waals surface area (Å²) in [6, 6.07) is 78.0. The van der Waals surface area contributed by atoms with Crippen LogP contribution in [0, 0.1) is 0 Å². The van der Waals surface area contributed by atoms with Crippen molar-refractivity contribution in [3.05, 3.63) is 229 Å². The maximum Gasteiger partial charge on any atom is 0.0732 e. The summed E-state index contributed by atoms with van der Waals surface area (Å²) < 4.78 is 0. The summed E-state index contributed by atoms with van der Waals surface area (Å²) in [6.07, 6.45) is 0. The average Bonchev–Trinajstić information content (AvgIpc) is 3.92. The van der Waals surface area contributed by atoms with E-state index < -0.39 is 5.41 Å². The van der Waals surface area contributed by atoms with E-state index in [0.29, 0.717) is 0 Å². The van der Waals surface area contributed by atoms with Crippen LogP contribution < -0.4 is 0 Å². The molecule has 3 aliphatic rings. The van der Waals surface area contributed by atoms with E-state index >= 15 is 0 Å². The zero-order chi connectivity index (χ0) is 38.4. The van der Waals surface area contributed by atoms with Gasteiger partial charge in [-0.05, 0) is 138 Å². The molecule has 0 heterocycles. The van der Waals surface area contributed by atoms with Gasteiger partial charge in [0.1, 0.15) is 0 Å². The summed E-state index contributed by atoms with van der Waals surface area (Å²) in [4.78, 5) is 0. The van der Waals surface area contributed by atoms with E-state index in [2.05, 4.69) is 206 Å². The van der Waals surface area contributed by atoms with E-state index in [-0.39, 0.29) is 0 Å². The predicted molar refractivity (Wildman–Crippen MR) is 248 cm³/mol. The summed E-state index contributed by atoms with van der Waals surface area (Å²) in [7, 11) is 0. The minimum Gasteiger partial charge on any atom is -0.0619 e. The second-order valence-corrected chi connectivity index (χ2v) is 16.6. The maximum absolute atomic E-state index is 2.57. The predicted octanol–water partition coefficient (Wildman–Crippen LogP) is 15.6. The Labute approximate surface area is 342 Å². The van der Waals surface area contributed by atoms with Crippen molar-refractivity contribution in [2.75, 3.05) is 0 Å². The van der Waals surface area contributed by atoms with Crippen LogP contribution in [0.3, 0.4) is 0 Å². The lowest BCUT2D eigenvalue weighted by molar-refractivity contribution is 0.803. The van der Waals surface area contributed by atoms with Gasteiger partial charge >= 0.3 is 0 Å². The zero-order valence-electron chi connectivity index (χ0n) is 32.1. The van der Waals surface area contributed by atoms with Gasteiger partial charge in [0.15, 0.2) is 0 Å². The molecule has 0 atom stereocenters. The van der Waals surface area contributed by atoms with Gasteiger partial charge in [0.25, 0.3) is 0 Å². The SMILES string of the molecule is c1ccc2c(c1)-c1cccc3c(-c4ccc(-c5cc6c(c7ccccc57)-c5c(c7ccccc7c7ccccc57)C65c6ccccc6-c6ccccc65)cc4)ccc-2c13. The highest BCUT2D eigenvalue weighted by Crippen LogP contribution is 2.67. The summed E-state index contributed by atoms with van der Waals surface area (Å²) in [5, 5.41) is 10.5. The van der Waals surface area contributed by atoms with Crippen LogP contribution in [0.4, 0.5) is 0 Å². The van der Waals surface area contributed by atoms with Crippen molar-refractivity contribution in [1.29, 1.82) is 0 Å². The normalized spacial score (nSPS) is 13.6. The molecule has 1 spiro atoms. The molecular weight excluding hydrogens is 709 g/mol. The Morgan fingerprint density at radius 3 is 1.34 bits per heavy atom. The fourth-order valence-electron chi connectivity index (χ4n) is 11.8. The van der Waals surface area contributed by atoms with Gasteiger partial charge in [-0.15, -0.1) is 0 Å². The number of hydrogen-bond acceptors (Lipinski definition) is 0. The zero-order valence-corrected chi connectivity index (χ0v) is 32.1. The molecule has 3 aliphatic carbocycles. The van der Waals surface area contributed by atoms with Crippen LogP contribution in [0.2, 0.25) is 0 Å². The van der Waals surface area contributed by atoms with Gasteiger partial charge in [-0.2, -0.15) is 0 Å². The quantitative estimate of drug-likeness (QED) is 0.155. The molecule has 0 saturated carbocycles. The highest BCUT2D eigenvalue weighted by atomic mass is 14.5. The Kier molecular flexibility index (Phi) is 6.05. The summed E-state index contributed by atoms with van der Waals surface area (Å²) in [5.41, 5.74) is 20.7. The first-order chi connectivity index (χ1) is 29.3. The molecule has 0 bridgehead atoms. The lowest BCUT2D eigenvalue weighted by Gasteiger charge is -2.32. The Balaban J connectivity index is 1.06. The molecule has 0 aromatic heterocycles. The molecule has 0 aliphatic heterocycles. The number of rotatable bonds is 2. The summed E-state index contributed by atoms with van der Waals surface area (Å²) in [6.45, 7) is 0. The van der Waals surface area contributed by atoms with Gasteiger partial charge in [-0.3, -0.25) is 0 Å². The van der Waals surface area contributed by atoms with Crippen molar-refractivity contribution < 1.29 is 0 Å². The van der Waals surface area contributed by atoms with Crippen LogP contribution in [0.15, 0.2) is 206 Å². The number of hydrogen-bond donors (Lipinski definition) is 0. The summed E-state index contributed by atoms with van der Waals surface area (Å²) >= 11 is 0. The highest BCUT2D eigenvalue weighted by Gasteiger charge is 2.53. The van der Waals surface area contributed by atoms with Crippen LogP contribution in [-0.4, -0.2) is 0 Å². The molecule has 0 radical (unpaired) electrons. The topological polar surface area (TPSA) is 0 Å². The second-order valence-electron chi connectivity index (χ2n) is 16.6. The fourth-order valence-corrected chi connectivity index (χ4v) is 11.8. The minimum atomic E-state index is -0.498. The van der Waals surface area contributed by atoms with E-state index in [1.54, 1.807) is 0 Å². The van der Waals surface area contributed by atoms with Gasteiger partial charge in [0, 0.05) is 0 Å². The van der Waals surface area contributed by atoms with Crippen molar-refractivity contribution in [1.82, 2.24) is 0 Å². The van der Waals surface area contributed by atoms with E-state index in [4.69, 9.17) is 0 Å². The molecule has 0 heteroatoms. The van der Waals surface area contributed by atoms with Gasteiger partial charge in [0.05, 0.1) is 5.41 Å². The molecule has 270 valence electrons. The van der Waals surface area contributed by atoms with E-state index in [0.717, 1.165) is 0 Å². The molecule has 0 N–H and O–H groups in total. The van der Waals surface area contributed by atoms with Crippen molar-refractivity contribution in [2.45, 2.75) is 5.41 Å². The first-order valence-corrected chi connectivity index (χ1v) is 20.8. The highest BCUT2D eigenvalue weighted by molar-refractivity contribution is 6.24. The van der Waals surface area contributed by atoms with Gasteiger partial charge in [0.2, 0.25) is 0 Å². The molecule has 59 heavy (non-hydrogen) atoms. The van der Waals surface area contributed by atoms with Crippen LogP contribution in [0.1, 0.15) is 22.3 Å². The molecule has 11 aromatic rings. The van der Waals surface area contributed by atoms with Gasteiger partial charge in [-0.1, -0.05) is 200 Å². The first kappa shape index (κ1) is 31.5. The largest absolute Gasteiger partial charge is 0.0732 e. The van der Waals surface area contributed by atoms with Crippen molar-refractivity contribution in [2.24, 2.45) is 0 Å². The van der Waals surface area contributed by atoms with E-state index in [1.807, 2.05) is 0 Å². The maximum atomic E-state index is 2.57. The van der Waals surface area contributed by atoms with Crippen LogP contribution >= 0.6 is 0 Å². The number of fused-ring (bicyclic) bond motifs is 20. The van der Waals surface area contributed by atoms with Gasteiger partial charge < -0.3 is 0 Å². The van der Waals surface area contributed by atoms with E-state index in [9.17, 15) is 0 Å². The Morgan fingerprint density at radius 2 is 0.678 bits per heavy atom. The Hall–Kier alpha value is -7.54. The third-order valence-electron chi connectivity index (χ3n) is 14.0. The van der Waals surface area contributed by atoms with Crippen LogP contribution in [-0.2, 0) is 5.41 Å². The smallest absolute Gasteiger partial charge is 0.0619 e. The lowest BCUT2D eigenvalue weighted by atomic mass is 9.68. The van der Waals surface area contributed by atoms with E-state index in [1.165, 1.54) is 132 Å². The monoisotopic (exact) mass is 742 g/mol. The number of benzene rings is 11. The Bertz CT molecular complexity index is 3580. The van der Waals surface area contributed by atoms with Crippen LogP contribution in [0.5, 0.6) is 0 Å². The molecule has 0 unspecified atom stereocenters. The standard InChI is InChI=1S/C59H34/c1-2-15-39-38(14-1)46-25-13-24-45-37(32-33-49(39)55(45)46)35-28-30-36(31-29-35)51-34-54-56(47-21-6-4-18-42(47)51)57-48-22-7-3-16-40(48)41-17-5-8-23-50(41)58(57)59(54)52-26-11-9-19-43(52)44-20-10-12-27-53(44)59/h1-34H. The van der Waals surface area contributed by atoms with Crippen molar-refractivity contribution in [3.8, 4) is 66.8 Å². The molecule has 0 fully saturated rings. The third kappa shape index (κ3) is 3.85. The molecule has 11 aromatic carbocycles. The molecule has 0 nitrogen and oxygen atoms in total. The third-order valence-corrected chi connectivity index (χ3v) is 14.0. The average molecular weight is 743 g/mol. The summed E-state index contributed by atoms with van der Waals surface area (Å²) in [5.74, 6) is 0. The van der Waals surface area contributed by atoms with Gasteiger partial charge in [-0.25, -0.2) is 0 Å². The second kappa shape index (κ2) is 11.3. The van der Waals surface area contributed by atoms with Crippen LogP contribution in [0.25, 0.3) is 110 Å². The minimum absolute atomic E-state index is 0.498. The molecule has 14 rings (SSSR count). The van der Waals surface area contributed by atoms with Crippen molar-refractivity contribution >= 4 is 43.1 Å². The molecular formula is C59H34. The fraction of sp³-hybridized carbons (Fsp3) is 0.0169. The molecule has 0 saturated heterocycles. The van der Waals surface area contributed by atoms with Crippen molar-refractivity contribution in [3.63, 3.8) is 0 Å². The first-order valence-electron chi connectivity index (χ1n) is 20.8. The molecule has 0 amide bonds.